The highest BCUT2D eigenvalue weighted by Gasteiger charge is 2.31. The number of aryl methyl sites for hydroxylation is 2. The first-order valence-electron chi connectivity index (χ1n) is 9.60. The Kier molecular flexibility index (Phi) is 4.86. The average molecular weight is 376 g/mol. The SMILES string of the molecule is Cc1ccc(-c2cn[nH]c2[C@H]2CCCN(C(=O)C(=O)c3cccn3C)C2)cc1. The zero-order valence-electron chi connectivity index (χ0n) is 16.2. The van der Waals surface area contributed by atoms with Crippen LogP contribution in [0.15, 0.2) is 48.8 Å². The molecule has 1 aromatic carbocycles. The third-order valence-electron chi connectivity index (χ3n) is 5.52. The van der Waals surface area contributed by atoms with Gasteiger partial charge in [0.05, 0.1) is 11.9 Å². The summed E-state index contributed by atoms with van der Waals surface area (Å²) in [6.07, 6.45) is 5.44. The van der Waals surface area contributed by atoms with Crippen molar-refractivity contribution >= 4 is 11.7 Å². The first-order valence-corrected chi connectivity index (χ1v) is 9.60. The van der Waals surface area contributed by atoms with E-state index >= 15 is 0 Å². The number of aromatic nitrogens is 3. The largest absolute Gasteiger partial charge is 0.348 e. The zero-order valence-corrected chi connectivity index (χ0v) is 16.2. The van der Waals surface area contributed by atoms with Crippen molar-refractivity contribution in [1.29, 1.82) is 0 Å². The van der Waals surface area contributed by atoms with Crippen LogP contribution in [-0.2, 0) is 11.8 Å². The number of H-pyrrole nitrogens is 1. The summed E-state index contributed by atoms with van der Waals surface area (Å²) in [7, 11) is 1.78. The minimum absolute atomic E-state index is 0.137. The molecule has 1 amide bonds. The number of piperidine rings is 1. The number of likely N-dealkylation sites (tertiary alicyclic amines) is 1. The van der Waals surface area contributed by atoms with Crippen molar-refractivity contribution in [2.75, 3.05) is 13.1 Å². The molecular weight excluding hydrogens is 352 g/mol. The van der Waals surface area contributed by atoms with Gasteiger partial charge in [-0.05, 0) is 37.5 Å². The lowest BCUT2D eigenvalue weighted by Gasteiger charge is -2.32. The highest BCUT2D eigenvalue weighted by molar-refractivity contribution is 6.42. The molecule has 28 heavy (non-hydrogen) atoms. The number of rotatable bonds is 4. The van der Waals surface area contributed by atoms with Crippen LogP contribution in [0.2, 0.25) is 0 Å². The number of aromatic amines is 1. The third-order valence-corrected chi connectivity index (χ3v) is 5.52. The predicted molar refractivity (Wildman–Crippen MR) is 107 cm³/mol. The molecule has 0 saturated carbocycles. The number of nitrogens with one attached hydrogen (secondary N) is 1. The van der Waals surface area contributed by atoms with Gasteiger partial charge in [0, 0.05) is 43.5 Å². The molecule has 144 valence electrons. The molecule has 1 aliphatic heterocycles. The Morgan fingerprint density at radius 2 is 1.96 bits per heavy atom. The Morgan fingerprint density at radius 1 is 1.18 bits per heavy atom. The zero-order chi connectivity index (χ0) is 19.7. The van der Waals surface area contributed by atoms with E-state index < -0.39 is 11.7 Å². The molecule has 1 saturated heterocycles. The Balaban J connectivity index is 1.54. The summed E-state index contributed by atoms with van der Waals surface area (Å²) in [6.45, 7) is 3.20. The molecule has 3 heterocycles. The summed E-state index contributed by atoms with van der Waals surface area (Å²) in [5.74, 6) is -0.739. The van der Waals surface area contributed by atoms with Crippen LogP contribution in [0.5, 0.6) is 0 Å². The third kappa shape index (κ3) is 3.38. The maximum Gasteiger partial charge on any atom is 0.296 e. The minimum atomic E-state index is -0.448. The molecule has 0 aliphatic carbocycles. The summed E-state index contributed by atoms with van der Waals surface area (Å²) in [6, 6.07) is 11.8. The standard InChI is InChI=1S/C22H24N4O2/c1-15-7-9-16(10-8-15)18-13-23-24-20(18)17-5-3-12-26(14-17)22(28)21(27)19-6-4-11-25(19)2/h4,6-11,13,17H,3,5,12,14H2,1-2H3,(H,23,24)/t17-/m0/s1. The molecular formula is C22H24N4O2. The van der Waals surface area contributed by atoms with E-state index in [9.17, 15) is 9.59 Å². The van der Waals surface area contributed by atoms with Crippen molar-refractivity contribution < 1.29 is 9.59 Å². The molecule has 1 atom stereocenters. The average Bonchev–Trinajstić information content (AvgIpc) is 3.37. The molecule has 0 unspecified atom stereocenters. The Hall–Kier alpha value is -3.15. The second kappa shape index (κ2) is 7.46. The number of hydrogen-bond acceptors (Lipinski definition) is 3. The van der Waals surface area contributed by atoms with Crippen molar-refractivity contribution in [3.63, 3.8) is 0 Å². The minimum Gasteiger partial charge on any atom is -0.348 e. The molecule has 0 spiro atoms. The van der Waals surface area contributed by atoms with Gasteiger partial charge in [-0.25, -0.2) is 0 Å². The summed E-state index contributed by atoms with van der Waals surface area (Å²) < 4.78 is 1.69. The number of Topliss-reactive ketones (excluding diaryl/α,β-unsaturated/α-hetero) is 1. The molecule has 0 bridgehead atoms. The van der Waals surface area contributed by atoms with E-state index in [0.717, 1.165) is 29.7 Å². The number of nitrogens with zero attached hydrogens (tertiary/aromatic N) is 3. The Morgan fingerprint density at radius 3 is 2.68 bits per heavy atom. The monoisotopic (exact) mass is 376 g/mol. The highest BCUT2D eigenvalue weighted by Crippen LogP contribution is 2.33. The van der Waals surface area contributed by atoms with Crippen molar-refractivity contribution in [2.24, 2.45) is 7.05 Å². The molecule has 4 rings (SSSR count). The van der Waals surface area contributed by atoms with Gasteiger partial charge in [-0.2, -0.15) is 5.10 Å². The highest BCUT2D eigenvalue weighted by atomic mass is 16.2. The van der Waals surface area contributed by atoms with Crippen LogP contribution in [0.1, 0.15) is 40.5 Å². The van der Waals surface area contributed by atoms with E-state index in [0.29, 0.717) is 18.8 Å². The van der Waals surface area contributed by atoms with Crippen LogP contribution in [0.25, 0.3) is 11.1 Å². The van der Waals surface area contributed by atoms with E-state index in [-0.39, 0.29) is 5.92 Å². The summed E-state index contributed by atoms with van der Waals surface area (Å²) in [5.41, 5.74) is 4.84. The van der Waals surface area contributed by atoms with Gasteiger partial charge in [0.25, 0.3) is 11.7 Å². The van der Waals surface area contributed by atoms with Gasteiger partial charge in [0.1, 0.15) is 0 Å². The van der Waals surface area contributed by atoms with E-state index in [4.69, 9.17) is 0 Å². The Bertz CT molecular complexity index is 1000. The number of benzene rings is 1. The molecule has 1 fully saturated rings. The van der Waals surface area contributed by atoms with E-state index in [2.05, 4.69) is 41.4 Å². The number of carbonyl (C=O) groups is 2. The number of hydrogen-bond donors (Lipinski definition) is 1. The van der Waals surface area contributed by atoms with Gasteiger partial charge in [-0.15, -0.1) is 0 Å². The van der Waals surface area contributed by atoms with Gasteiger partial charge in [-0.1, -0.05) is 29.8 Å². The van der Waals surface area contributed by atoms with Crippen LogP contribution in [-0.4, -0.2) is 44.4 Å². The summed E-state index contributed by atoms with van der Waals surface area (Å²) in [5, 5.41) is 7.39. The topological polar surface area (TPSA) is 71.0 Å². The first-order chi connectivity index (χ1) is 13.5. The Labute approximate surface area is 164 Å². The van der Waals surface area contributed by atoms with Gasteiger partial charge >= 0.3 is 0 Å². The van der Waals surface area contributed by atoms with Crippen molar-refractivity contribution in [2.45, 2.75) is 25.7 Å². The van der Waals surface area contributed by atoms with Gasteiger partial charge in [0.2, 0.25) is 0 Å². The number of amides is 1. The van der Waals surface area contributed by atoms with Crippen LogP contribution in [0.3, 0.4) is 0 Å². The number of carbonyl (C=O) groups excluding carboxylic acids is 2. The molecule has 1 aliphatic rings. The molecule has 1 N–H and O–H groups in total. The lowest BCUT2D eigenvalue weighted by molar-refractivity contribution is -0.127. The van der Waals surface area contributed by atoms with Gasteiger partial charge in [-0.3, -0.25) is 14.7 Å². The maximum atomic E-state index is 12.8. The van der Waals surface area contributed by atoms with Crippen molar-refractivity contribution in [1.82, 2.24) is 19.7 Å². The molecule has 3 aromatic rings. The van der Waals surface area contributed by atoms with Crippen LogP contribution in [0.4, 0.5) is 0 Å². The van der Waals surface area contributed by atoms with Crippen molar-refractivity contribution in [3.8, 4) is 11.1 Å². The number of ketones is 1. The fourth-order valence-electron chi connectivity index (χ4n) is 3.92. The van der Waals surface area contributed by atoms with Crippen LogP contribution >= 0.6 is 0 Å². The smallest absolute Gasteiger partial charge is 0.296 e. The fraction of sp³-hybridized carbons (Fsp3) is 0.318. The molecule has 6 nitrogen and oxygen atoms in total. The summed E-state index contributed by atoms with van der Waals surface area (Å²) in [4.78, 5) is 27.1. The lowest BCUT2D eigenvalue weighted by atomic mass is 9.90. The second-order valence-corrected chi connectivity index (χ2v) is 7.49. The van der Waals surface area contributed by atoms with Gasteiger partial charge < -0.3 is 9.47 Å². The molecule has 0 radical (unpaired) electrons. The van der Waals surface area contributed by atoms with E-state index in [1.165, 1.54) is 5.56 Å². The second-order valence-electron chi connectivity index (χ2n) is 7.49. The van der Waals surface area contributed by atoms with E-state index in [1.54, 1.807) is 34.8 Å². The summed E-state index contributed by atoms with van der Waals surface area (Å²) >= 11 is 0. The van der Waals surface area contributed by atoms with Crippen molar-refractivity contribution in [3.05, 3.63) is 65.7 Å². The fourth-order valence-corrected chi connectivity index (χ4v) is 3.92. The van der Waals surface area contributed by atoms with Crippen LogP contribution < -0.4 is 0 Å². The molecule has 2 aromatic heterocycles. The quantitative estimate of drug-likeness (QED) is 0.561. The van der Waals surface area contributed by atoms with Crippen LogP contribution in [0, 0.1) is 6.92 Å². The van der Waals surface area contributed by atoms with E-state index in [1.807, 2.05) is 6.20 Å². The molecule has 6 heteroatoms. The normalized spacial score (nSPS) is 16.9. The lowest BCUT2D eigenvalue weighted by Crippen LogP contribution is -2.43. The predicted octanol–water partition coefficient (Wildman–Crippen LogP) is 3.31. The maximum absolute atomic E-state index is 12.8. The van der Waals surface area contributed by atoms with Gasteiger partial charge in [0.15, 0.2) is 0 Å². The first kappa shape index (κ1) is 18.2.